The number of carbonyl (C=O) groups is 1. The molecular formula is C13H20N2O2. The Morgan fingerprint density at radius 2 is 2.12 bits per heavy atom. The Morgan fingerprint density at radius 3 is 2.65 bits per heavy atom. The van der Waals surface area contributed by atoms with E-state index in [-0.39, 0.29) is 5.91 Å². The molecule has 0 radical (unpaired) electrons. The van der Waals surface area contributed by atoms with Crippen LogP contribution in [0.4, 0.5) is 5.69 Å². The molecule has 0 aromatic heterocycles. The lowest BCUT2D eigenvalue weighted by Crippen LogP contribution is -2.48. The Bertz CT molecular complexity index is 393. The molecule has 0 heterocycles. The van der Waals surface area contributed by atoms with E-state index in [4.69, 9.17) is 10.5 Å². The van der Waals surface area contributed by atoms with Crippen molar-refractivity contribution in [1.29, 1.82) is 0 Å². The van der Waals surface area contributed by atoms with Crippen LogP contribution in [0.15, 0.2) is 24.3 Å². The second-order valence-corrected chi connectivity index (χ2v) is 4.38. The number of nitrogens with two attached hydrogens (primary N) is 1. The molecule has 4 heteroatoms. The summed E-state index contributed by atoms with van der Waals surface area (Å²) in [6.45, 7) is 4.26. The van der Waals surface area contributed by atoms with E-state index in [9.17, 15) is 4.79 Å². The number of ether oxygens (including phenoxy) is 1. The number of aryl methyl sites for hydroxylation is 1. The molecule has 0 spiro atoms. The van der Waals surface area contributed by atoms with E-state index < -0.39 is 5.54 Å². The van der Waals surface area contributed by atoms with Crippen molar-refractivity contribution in [2.45, 2.75) is 25.8 Å². The second-order valence-electron chi connectivity index (χ2n) is 4.38. The minimum Gasteiger partial charge on any atom is -0.385 e. The van der Waals surface area contributed by atoms with Gasteiger partial charge in [-0.25, -0.2) is 0 Å². The van der Waals surface area contributed by atoms with Crippen LogP contribution in [-0.2, 0) is 9.53 Å². The van der Waals surface area contributed by atoms with Gasteiger partial charge in [0.05, 0.1) is 0 Å². The molecule has 1 atom stereocenters. The summed E-state index contributed by atoms with van der Waals surface area (Å²) >= 11 is 0. The molecule has 1 aromatic rings. The molecule has 0 aliphatic rings. The lowest BCUT2D eigenvalue weighted by Gasteiger charge is -2.29. The maximum absolute atomic E-state index is 11.5. The molecule has 0 saturated heterocycles. The van der Waals surface area contributed by atoms with E-state index in [1.54, 1.807) is 14.0 Å². The van der Waals surface area contributed by atoms with Gasteiger partial charge in [-0.3, -0.25) is 4.79 Å². The van der Waals surface area contributed by atoms with Gasteiger partial charge in [0.1, 0.15) is 5.54 Å². The third-order valence-electron chi connectivity index (χ3n) is 2.91. The summed E-state index contributed by atoms with van der Waals surface area (Å²) in [7, 11) is 1.61. The number of anilines is 1. The first-order chi connectivity index (χ1) is 7.99. The third-order valence-corrected chi connectivity index (χ3v) is 2.91. The molecule has 3 N–H and O–H groups in total. The first-order valence-corrected chi connectivity index (χ1v) is 5.62. The minimum atomic E-state index is -0.790. The van der Waals surface area contributed by atoms with Crippen LogP contribution in [0.25, 0.3) is 0 Å². The molecule has 0 aliphatic heterocycles. The SMILES string of the molecule is COCCC(C)(Nc1ccccc1C)C(N)=O. The fraction of sp³-hybridized carbons (Fsp3) is 0.462. The second kappa shape index (κ2) is 5.68. The fourth-order valence-electron chi connectivity index (χ4n) is 1.56. The molecule has 1 amide bonds. The highest BCUT2D eigenvalue weighted by Gasteiger charge is 2.30. The Hall–Kier alpha value is -1.55. The molecule has 94 valence electrons. The number of carbonyl (C=O) groups excluding carboxylic acids is 1. The molecule has 0 aliphatic carbocycles. The van der Waals surface area contributed by atoms with Gasteiger partial charge in [-0.15, -0.1) is 0 Å². The lowest BCUT2D eigenvalue weighted by atomic mass is 9.96. The predicted molar refractivity (Wildman–Crippen MR) is 68.9 cm³/mol. The van der Waals surface area contributed by atoms with E-state index in [1.165, 1.54) is 0 Å². The maximum atomic E-state index is 11.5. The topological polar surface area (TPSA) is 64.3 Å². The van der Waals surface area contributed by atoms with Crippen LogP contribution in [0.1, 0.15) is 18.9 Å². The van der Waals surface area contributed by atoms with Crippen LogP contribution < -0.4 is 11.1 Å². The Morgan fingerprint density at radius 1 is 1.47 bits per heavy atom. The normalized spacial score (nSPS) is 14.1. The van der Waals surface area contributed by atoms with Crippen molar-refractivity contribution in [3.63, 3.8) is 0 Å². The number of benzene rings is 1. The molecule has 1 aromatic carbocycles. The summed E-state index contributed by atoms with van der Waals surface area (Å²) in [4.78, 5) is 11.5. The molecule has 0 saturated carbocycles. The standard InChI is InChI=1S/C13H20N2O2/c1-10-6-4-5-7-11(10)15-13(2,12(14)16)8-9-17-3/h4-7,15H,8-9H2,1-3H3,(H2,14,16). The molecule has 1 rings (SSSR count). The smallest absolute Gasteiger partial charge is 0.242 e. The van der Waals surface area contributed by atoms with Crippen molar-refractivity contribution in [3.05, 3.63) is 29.8 Å². The van der Waals surface area contributed by atoms with Crippen LogP contribution in [0, 0.1) is 6.92 Å². The van der Waals surface area contributed by atoms with Gasteiger partial charge >= 0.3 is 0 Å². The zero-order chi connectivity index (χ0) is 12.9. The third kappa shape index (κ3) is 3.46. The highest BCUT2D eigenvalue weighted by atomic mass is 16.5. The van der Waals surface area contributed by atoms with E-state index in [0.29, 0.717) is 13.0 Å². The average Bonchev–Trinajstić information content (AvgIpc) is 2.29. The van der Waals surface area contributed by atoms with Crippen molar-refractivity contribution in [1.82, 2.24) is 0 Å². The van der Waals surface area contributed by atoms with Gasteiger partial charge in [0.15, 0.2) is 0 Å². The van der Waals surface area contributed by atoms with Crippen molar-refractivity contribution >= 4 is 11.6 Å². The molecule has 0 fully saturated rings. The maximum Gasteiger partial charge on any atom is 0.242 e. The summed E-state index contributed by atoms with van der Waals surface area (Å²) in [5, 5.41) is 3.20. The van der Waals surface area contributed by atoms with Crippen LogP contribution >= 0.6 is 0 Å². The van der Waals surface area contributed by atoms with Crippen LogP contribution in [0.5, 0.6) is 0 Å². The zero-order valence-corrected chi connectivity index (χ0v) is 10.6. The Balaban J connectivity index is 2.87. The number of hydrogen-bond acceptors (Lipinski definition) is 3. The van der Waals surface area contributed by atoms with Gasteiger partial charge in [-0.2, -0.15) is 0 Å². The number of rotatable bonds is 6. The molecule has 4 nitrogen and oxygen atoms in total. The molecule has 1 unspecified atom stereocenters. The fourth-order valence-corrected chi connectivity index (χ4v) is 1.56. The minimum absolute atomic E-state index is 0.377. The number of para-hydroxylation sites is 1. The summed E-state index contributed by atoms with van der Waals surface area (Å²) in [6.07, 6.45) is 0.535. The van der Waals surface area contributed by atoms with Gasteiger partial charge < -0.3 is 15.8 Å². The number of methoxy groups -OCH3 is 1. The van der Waals surface area contributed by atoms with Crippen molar-refractivity contribution in [2.24, 2.45) is 5.73 Å². The van der Waals surface area contributed by atoms with Gasteiger partial charge in [-0.1, -0.05) is 18.2 Å². The molecule has 0 bridgehead atoms. The average molecular weight is 236 g/mol. The van der Waals surface area contributed by atoms with Crippen molar-refractivity contribution < 1.29 is 9.53 Å². The van der Waals surface area contributed by atoms with Gasteiger partial charge in [0, 0.05) is 25.8 Å². The van der Waals surface area contributed by atoms with Crippen LogP contribution in [-0.4, -0.2) is 25.2 Å². The van der Waals surface area contributed by atoms with Crippen molar-refractivity contribution in [3.8, 4) is 0 Å². The summed E-state index contributed by atoms with van der Waals surface area (Å²) in [5.41, 5.74) is 6.67. The highest BCUT2D eigenvalue weighted by Crippen LogP contribution is 2.21. The van der Waals surface area contributed by atoms with Gasteiger partial charge in [0.25, 0.3) is 0 Å². The summed E-state index contributed by atoms with van der Waals surface area (Å²) < 4.78 is 5.01. The van der Waals surface area contributed by atoms with Crippen LogP contribution in [0.2, 0.25) is 0 Å². The monoisotopic (exact) mass is 236 g/mol. The number of amides is 1. The van der Waals surface area contributed by atoms with Gasteiger partial charge in [-0.05, 0) is 25.5 Å². The summed E-state index contributed by atoms with van der Waals surface area (Å²) in [5.74, 6) is -0.377. The zero-order valence-electron chi connectivity index (χ0n) is 10.6. The first kappa shape index (κ1) is 13.5. The van der Waals surface area contributed by atoms with E-state index in [1.807, 2.05) is 31.2 Å². The Kier molecular flexibility index (Phi) is 4.52. The molecular weight excluding hydrogens is 216 g/mol. The lowest BCUT2D eigenvalue weighted by molar-refractivity contribution is -0.122. The number of nitrogens with one attached hydrogen (secondary N) is 1. The number of hydrogen-bond donors (Lipinski definition) is 2. The first-order valence-electron chi connectivity index (χ1n) is 5.62. The highest BCUT2D eigenvalue weighted by molar-refractivity contribution is 5.87. The van der Waals surface area contributed by atoms with E-state index in [0.717, 1.165) is 11.3 Å². The summed E-state index contributed by atoms with van der Waals surface area (Å²) in [6, 6.07) is 7.80. The predicted octanol–water partition coefficient (Wildman–Crippen LogP) is 1.69. The Labute approximate surface area is 102 Å². The van der Waals surface area contributed by atoms with Gasteiger partial charge in [0.2, 0.25) is 5.91 Å². The van der Waals surface area contributed by atoms with Crippen LogP contribution in [0.3, 0.4) is 0 Å². The number of primary amides is 1. The quantitative estimate of drug-likeness (QED) is 0.790. The van der Waals surface area contributed by atoms with E-state index in [2.05, 4.69) is 5.32 Å². The molecule has 17 heavy (non-hydrogen) atoms. The van der Waals surface area contributed by atoms with Crippen molar-refractivity contribution in [2.75, 3.05) is 19.0 Å². The largest absolute Gasteiger partial charge is 0.385 e. The van der Waals surface area contributed by atoms with E-state index >= 15 is 0 Å².